The number of rotatable bonds is 6. The van der Waals surface area contributed by atoms with Gasteiger partial charge in [-0.25, -0.2) is 12.7 Å². The minimum absolute atomic E-state index is 0.270. The van der Waals surface area contributed by atoms with Crippen LogP contribution in [0.2, 0.25) is 0 Å². The molecule has 5 nitrogen and oxygen atoms in total. The van der Waals surface area contributed by atoms with Crippen molar-refractivity contribution in [1.82, 2.24) is 4.31 Å². The summed E-state index contributed by atoms with van der Waals surface area (Å²) in [6.07, 6.45) is 0.873. The number of nitrogens with zero attached hydrogens (tertiary/aromatic N) is 1. The van der Waals surface area contributed by atoms with Crippen LogP contribution < -0.4 is 11.1 Å². The first-order chi connectivity index (χ1) is 8.37. The predicted octanol–water partition coefficient (Wildman–Crippen LogP) is 1.09. The molecule has 1 rings (SSSR count). The number of nitrogens with two attached hydrogens (primary N) is 1. The molecule has 0 saturated heterocycles. The molecule has 18 heavy (non-hydrogen) atoms. The Balaban J connectivity index is 2.81. The number of nitrogens with one attached hydrogen (secondary N) is 1. The van der Waals surface area contributed by atoms with Crippen molar-refractivity contribution in [3.63, 3.8) is 0 Å². The monoisotopic (exact) mass is 271 g/mol. The zero-order valence-electron chi connectivity index (χ0n) is 11.1. The Morgan fingerprint density at radius 3 is 2.28 bits per heavy atom. The van der Waals surface area contributed by atoms with Gasteiger partial charge in [0.2, 0.25) is 10.0 Å². The van der Waals surface area contributed by atoms with Gasteiger partial charge in [-0.05, 0) is 44.2 Å². The van der Waals surface area contributed by atoms with Crippen molar-refractivity contribution < 1.29 is 8.42 Å². The molecule has 102 valence electrons. The zero-order chi connectivity index (χ0) is 13.8. The molecule has 0 saturated carbocycles. The molecule has 1 unspecified atom stereocenters. The standard InChI is InChI=1S/C12H21N3O2S/c1-10(8-9-13)14-11-4-6-12(7-5-11)18(16,17)15(2)3/h4-7,10,14H,8-9,13H2,1-3H3. The number of benzene rings is 1. The minimum atomic E-state index is -3.35. The van der Waals surface area contributed by atoms with Crippen molar-refractivity contribution in [3.8, 4) is 0 Å². The van der Waals surface area contributed by atoms with E-state index in [0.29, 0.717) is 11.4 Å². The fourth-order valence-electron chi connectivity index (χ4n) is 1.54. The van der Waals surface area contributed by atoms with Crippen LogP contribution in [0, 0.1) is 0 Å². The van der Waals surface area contributed by atoms with Gasteiger partial charge in [-0.1, -0.05) is 0 Å². The van der Waals surface area contributed by atoms with Crippen LogP contribution in [0.15, 0.2) is 29.2 Å². The molecular formula is C12H21N3O2S. The van der Waals surface area contributed by atoms with Gasteiger partial charge < -0.3 is 11.1 Å². The van der Waals surface area contributed by atoms with Crippen LogP contribution in [0.4, 0.5) is 5.69 Å². The van der Waals surface area contributed by atoms with Gasteiger partial charge >= 0.3 is 0 Å². The molecular weight excluding hydrogens is 250 g/mol. The maximum Gasteiger partial charge on any atom is 0.242 e. The summed E-state index contributed by atoms with van der Waals surface area (Å²) in [5, 5.41) is 3.26. The van der Waals surface area contributed by atoms with Crippen molar-refractivity contribution in [2.45, 2.75) is 24.3 Å². The number of hydrogen-bond acceptors (Lipinski definition) is 4. The lowest BCUT2D eigenvalue weighted by molar-refractivity contribution is 0.521. The lowest BCUT2D eigenvalue weighted by Gasteiger charge is -2.15. The lowest BCUT2D eigenvalue weighted by Crippen LogP contribution is -2.22. The van der Waals surface area contributed by atoms with E-state index in [-0.39, 0.29) is 6.04 Å². The molecule has 0 bridgehead atoms. The SMILES string of the molecule is CC(CCN)Nc1ccc(S(=O)(=O)N(C)C)cc1. The second kappa shape index (κ2) is 6.17. The zero-order valence-corrected chi connectivity index (χ0v) is 11.9. The van der Waals surface area contributed by atoms with E-state index >= 15 is 0 Å². The largest absolute Gasteiger partial charge is 0.383 e. The summed E-state index contributed by atoms with van der Waals surface area (Å²) in [6.45, 7) is 2.67. The highest BCUT2D eigenvalue weighted by atomic mass is 32.2. The number of hydrogen-bond donors (Lipinski definition) is 2. The van der Waals surface area contributed by atoms with Gasteiger partial charge in [0.15, 0.2) is 0 Å². The summed E-state index contributed by atoms with van der Waals surface area (Å²) in [7, 11) is -0.309. The molecule has 0 aliphatic carbocycles. The van der Waals surface area contributed by atoms with Gasteiger partial charge in [-0.15, -0.1) is 0 Å². The average Bonchev–Trinajstić information content (AvgIpc) is 2.29. The quantitative estimate of drug-likeness (QED) is 0.812. The summed E-state index contributed by atoms with van der Waals surface area (Å²) in [5.41, 5.74) is 6.37. The van der Waals surface area contributed by atoms with Crippen LogP contribution in [0.5, 0.6) is 0 Å². The fraction of sp³-hybridized carbons (Fsp3) is 0.500. The Morgan fingerprint density at radius 2 is 1.83 bits per heavy atom. The molecule has 3 N–H and O–H groups in total. The lowest BCUT2D eigenvalue weighted by atomic mass is 10.2. The van der Waals surface area contributed by atoms with Gasteiger partial charge in [0.25, 0.3) is 0 Å². The predicted molar refractivity (Wildman–Crippen MR) is 74.1 cm³/mol. The third-order valence-corrected chi connectivity index (χ3v) is 4.47. The van der Waals surface area contributed by atoms with Crippen molar-refractivity contribution in [3.05, 3.63) is 24.3 Å². The molecule has 0 aliphatic heterocycles. The van der Waals surface area contributed by atoms with Crippen LogP contribution >= 0.6 is 0 Å². The normalized spacial score (nSPS) is 13.6. The van der Waals surface area contributed by atoms with Crippen molar-refractivity contribution in [1.29, 1.82) is 0 Å². The summed E-state index contributed by atoms with van der Waals surface area (Å²) in [5.74, 6) is 0. The Morgan fingerprint density at radius 1 is 1.28 bits per heavy atom. The Kier molecular flexibility index (Phi) is 5.13. The smallest absolute Gasteiger partial charge is 0.242 e. The van der Waals surface area contributed by atoms with Crippen molar-refractivity contribution >= 4 is 15.7 Å². The van der Waals surface area contributed by atoms with Gasteiger partial charge in [0.05, 0.1) is 4.90 Å². The van der Waals surface area contributed by atoms with Crippen LogP contribution in [0.3, 0.4) is 0 Å². The minimum Gasteiger partial charge on any atom is -0.383 e. The van der Waals surface area contributed by atoms with E-state index in [2.05, 4.69) is 5.32 Å². The van der Waals surface area contributed by atoms with E-state index in [9.17, 15) is 8.42 Å². The summed E-state index contributed by atoms with van der Waals surface area (Å²) in [4.78, 5) is 0.296. The van der Waals surface area contributed by atoms with Crippen LogP contribution in [-0.2, 0) is 10.0 Å². The summed E-state index contributed by atoms with van der Waals surface area (Å²) < 4.78 is 24.9. The van der Waals surface area contributed by atoms with E-state index in [1.807, 2.05) is 6.92 Å². The Hall–Kier alpha value is -1.11. The van der Waals surface area contributed by atoms with E-state index in [0.717, 1.165) is 12.1 Å². The second-order valence-corrected chi connectivity index (χ2v) is 6.59. The second-order valence-electron chi connectivity index (χ2n) is 4.43. The first kappa shape index (κ1) is 14.9. The van der Waals surface area contributed by atoms with Gasteiger partial charge in [-0.2, -0.15) is 0 Å². The van der Waals surface area contributed by atoms with Crippen LogP contribution in [-0.4, -0.2) is 39.4 Å². The first-order valence-corrected chi connectivity index (χ1v) is 7.31. The highest BCUT2D eigenvalue weighted by Crippen LogP contribution is 2.17. The molecule has 1 aromatic carbocycles. The molecule has 0 amide bonds. The van der Waals surface area contributed by atoms with Crippen LogP contribution in [0.1, 0.15) is 13.3 Å². The van der Waals surface area contributed by atoms with E-state index < -0.39 is 10.0 Å². The van der Waals surface area contributed by atoms with E-state index in [1.54, 1.807) is 24.3 Å². The first-order valence-electron chi connectivity index (χ1n) is 5.87. The highest BCUT2D eigenvalue weighted by Gasteiger charge is 2.16. The third kappa shape index (κ3) is 3.69. The van der Waals surface area contributed by atoms with E-state index in [4.69, 9.17) is 5.73 Å². The fourth-order valence-corrected chi connectivity index (χ4v) is 2.44. The van der Waals surface area contributed by atoms with Gasteiger partial charge in [0, 0.05) is 25.8 Å². The number of sulfonamides is 1. The third-order valence-electron chi connectivity index (χ3n) is 2.65. The Bertz CT molecular complexity index is 469. The molecule has 0 fully saturated rings. The van der Waals surface area contributed by atoms with Crippen molar-refractivity contribution in [2.75, 3.05) is 26.0 Å². The van der Waals surface area contributed by atoms with Gasteiger partial charge in [-0.3, -0.25) is 0 Å². The van der Waals surface area contributed by atoms with Crippen molar-refractivity contribution in [2.24, 2.45) is 5.73 Å². The van der Waals surface area contributed by atoms with E-state index in [1.165, 1.54) is 18.4 Å². The molecule has 1 aromatic rings. The Labute approximate surface area is 109 Å². The molecule has 6 heteroatoms. The summed E-state index contributed by atoms with van der Waals surface area (Å²) in [6, 6.07) is 7.01. The maximum atomic E-state index is 11.9. The number of anilines is 1. The molecule has 0 heterocycles. The van der Waals surface area contributed by atoms with Gasteiger partial charge in [0.1, 0.15) is 0 Å². The molecule has 0 aliphatic rings. The van der Waals surface area contributed by atoms with Crippen LogP contribution in [0.25, 0.3) is 0 Å². The molecule has 0 spiro atoms. The summed E-state index contributed by atoms with van der Waals surface area (Å²) >= 11 is 0. The average molecular weight is 271 g/mol. The highest BCUT2D eigenvalue weighted by molar-refractivity contribution is 7.89. The molecule has 1 atom stereocenters. The molecule has 0 radical (unpaired) electrons. The molecule has 0 aromatic heterocycles. The maximum absolute atomic E-state index is 11.9. The topological polar surface area (TPSA) is 75.4 Å².